The molecule has 0 saturated carbocycles. The molecule has 0 aromatic heterocycles. The van der Waals surface area contributed by atoms with Gasteiger partial charge in [-0.2, -0.15) is 0 Å². The summed E-state index contributed by atoms with van der Waals surface area (Å²) in [6.45, 7) is 0. The van der Waals surface area contributed by atoms with Gasteiger partial charge in [0.15, 0.2) is 5.78 Å². The number of ether oxygens (including phenoxy) is 1. The third-order valence-corrected chi connectivity index (χ3v) is 4.22. The highest BCUT2D eigenvalue weighted by Crippen LogP contribution is 2.31. The minimum Gasteiger partial charge on any atom is -0.429 e. The number of carbonyl (C=O) groups is 2. The summed E-state index contributed by atoms with van der Waals surface area (Å²) in [5.74, 6) is -0.876. The van der Waals surface area contributed by atoms with Gasteiger partial charge in [-0.25, -0.2) is 0 Å². The molecule has 0 spiro atoms. The van der Waals surface area contributed by atoms with E-state index < -0.39 is 11.9 Å². The summed E-state index contributed by atoms with van der Waals surface area (Å²) in [6, 6.07) is 18.8. The Hall–Kier alpha value is -2.39. The first-order valence-corrected chi connectivity index (χ1v) is 7.78. The van der Waals surface area contributed by atoms with E-state index in [1.807, 2.05) is 60.7 Å². The third-order valence-electron chi connectivity index (χ3n) is 3.79. The normalized spacial score (nSPS) is 14.4. The molecule has 0 amide bonds. The Labute approximate surface area is 139 Å². The van der Waals surface area contributed by atoms with Crippen molar-refractivity contribution in [2.24, 2.45) is 0 Å². The second-order valence-electron chi connectivity index (χ2n) is 5.34. The molecule has 1 aliphatic rings. The van der Waals surface area contributed by atoms with Crippen LogP contribution < -0.4 is 0 Å². The first-order valence-electron chi connectivity index (χ1n) is 7.40. The molecule has 0 aliphatic heterocycles. The number of Topliss-reactive ketones (excluding diaryl/α,β-unsaturated/α-hetero) is 1. The number of ketones is 1. The van der Waals surface area contributed by atoms with Crippen LogP contribution >= 0.6 is 11.6 Å². The van der Waals surface area contributed by atoms with Gasteiger partial charge in [0.1, 0.15) is 16.7 Å². The molecule has 0 unspecified atom stereocenters. The van der Waals surface area contributed by atoms with Crippen molar-refractivity contribution >= 4 is 23.4 Å². The largest absolute Gasteiger partial charge is 0.429 e. The van der Waals surface area contributed by atoms with Gasteiger partial charge >= 0.3 is 5.97 Å². The lowest BCUT2D eigenvalue weighted by Gasteiger charge is -2.17. The highest BCUT2D eigenvalue weighted by molar-refractivity contribution is 6.43. The average molecular weight is 327 g/mol. The number of allylic oxidation sites excluding steroid dienone is 2. The summed E-state index contributed by atoms with van der Waals surface area (Å²) in [6.07, 6.45) is 0.669. The van der Waals surface area contributed by atoms with Crippen LogP contribution in [0.3, 0.4) is 0 Å². The van der Waals surface area contributed by atoms with E-state index in [0.717, 1.165) is 11.1 Å². The van der Waals surface area contributed by atoms with Crippen molar-refractivity contribution in [1.82, 2.24) is 0 Å². The molecule has 0 radical (unpaired) electrons. The van der Waals surface area contributed by atoms with Crippen LogP contribution in [0.5, 0.6) is 0 Å². The van der Waals surface area contributed by atoms with Crippen molar-refractivity contribution < 1.29 is 14.3 Å². The van der Waals surface area contributed by atoms with Gasteiger partial charge in [-0.3, -0.25) is 9.59 Å². The lowest BCUT2D eigenvalue weighted by atomic mass is 9.91. The van der Waals surface area contributed by atoms with Crippen LogP contribution in [0.15, 0.2) is 71.5 Å². The van der Waals surface area contributed by atoms with Gasteiger partial charge in [-0.15, -0.1) is 0 Å². The topological polar surface area (TPSA) is 43.4 Å². The predicted octanol–water partition coefficient (Wildman–Crippen LogP) is 4.18. The van der Waals surface area contributed by atoms with Gasteiger partial charge in [0.25, 0.3) is 0 Å². The van der Waals surface area contributed by atoms with Gasteiger partial charge < -0.3 is 4.74 Å². The number of halogens is 1. The molecule has 3 rings (SSSR count). The second-order valence-corrected chi connectivity index (χ2v) is 5.71. The Morgan fingerprint density at radius 2 is 1.43 bits per heavy atom. The Balaban J connectivity index is 1.93. The Bertz CT molecular complexity index is 711. The number of hydrogen-bond donors (Lipinski definition) is 0. The van der Waals surface area contributed by atoms with Crippen molar-refractivity contribution in [3.05, 3.63) is 82.6 Å². The summed E-state index contributed by atoms with van der Waals surface area (Å²) in [5, 5.41) is 0.0400. The molecule has 4 heteroatoms. The molecule has 1 aliphatic carbocycles. The zero-order valence-corrected chi connectivity index (χ0v) is 13.1. The highest BCUT2D eigenvalue weighted by atomic mass is 35.5. The van der Waals surface area contributed by atoms with Crippen LogP contribution in [0, 0.1) is 0 Å². The van der Waals surface area contributed by atoms with Gasteiger partial charge in [-0.1, -0.05) is 72.3 Å². The van der Waals surface area contributed by atoms with Gasteiger partial charge in [0.2, 0.25) is 0 Å². The monoisotopic (exact) mass is 326 g/mol. The van der Waals surface area contributed by atoms with Crippen LogP contribution in [0.2, 0.25) is 0 Å². The van der Waals surface area contributed by atoms with E-state index in [-0.39, 0.29) is 16.6 Å². The van der Waals surface area contributed by atoms with E-state index in [4.69, 9.17) is 16.3 Å². The SMILES string of the molecule is O=C1CCC(OC(=O)C(c2ccccc2)c2ccccc2)=C1Cl. The van der Waals surface area contributed by atoms with Crippen molar-refractivity contribution in [3.63, 3.8) is 0 Å². The number of hydrogen-bond acceptors (Lipinski definition) is 3. The lowest BCUT2D eigenvalue weighted by molar-refractivity contribution is -0.140. The van der Waals surface area contributed by atoms with Crippen molar-refractivity contribution in [3.8, 4) is 0 Å². The predicted molar refractivity (Wildman–Crippen MR) is 87.9 cm³/mol. The maximum absolute atomic E-state index is 12.7. The average Bonchev–Trinajstić information content (AvgIpc) is 2.89. The van der Waals surface area contributed by atoms with Gasteiger partial charge in [0.05, 0.1) is 0 Å². The fourth-order valence-electron chi connectivity index (χ4n) is 2.63. The van der Waals surface area contributed by atoms with Crippen molar-refractivity contribution in [2.75, 3.05) is 0 Å². The van der Waals surface area contributed by atoms with Crippen LogP contribution in [0.25, 0.3) is 0 Å². The standard InChI is InChI=1S/C19H15ClO3/c20-18-15(21)11-12-16(18)23-19(22)17(13-7-3-1-4-8-13)14-9-5-2-6-10-14/h1-10,17H,11-12H2. The molecule has 23 heavy (non-hydrogen) atoms. The molecule has 0 N–H and O–H groups in total. The molecule has 0 saturated heterocycles. The zero-order valence-electron chi connectivity index (χ0n) is 12.4. The van der Waals surface area contributed by atoms with Crippen LogP contribution in [0.4, 0.5) is 0 Å². The van der Waals surface area contributed by atoms with Crippen LogP contribution in [-0.2, 0) is 14.3 Å². The molecule has 0 heterocycles. The van der Waals surface area contributed by atoms with E-state index in [2.05, 4.69) is 0 Å². The first-order chi connectivity index (χ1) is 11.2. The highest BCUT2D eigenvalue weighted by Gasteiger charge is 2.29. The number of esters is 1. The van der Waals surface area contributed by atoms with E-state index in [9.17, 15) is 9.59 Å². The molecule has 3 nitrogen and oxygen atoms in total. The molecule has 0 bridgehead atoms. The molecular formula is C19H15ClO3. The quantitative estimate of drug-likeness (QED) is 0.792. The smallest absolute Gasteiger partial charge is 0.323 e. The minimum absolute atomic E-state index is 0.0400. The van der Waals surface area contributed by atoms with Crippen molar-refractivity contribution in [2.45, 2.75) is 18.8 Å². The summed E-state index contributed by atoms with van der Waals surface area (Å²) in [7, 11) is 0. The number of rotatable bonds is 4. The number of benzene rings is 2. The van der Waals surface area contributed by atoms with Crippen LogP contribution in [0.1, 0.15) is 29.9 Å². The molecule has 0 fully saturated rings. The summed E-state index contributed by atoms with van der Waals surface area (Å²) in [5.41, 5.74) is 1.68. The lowest BCUT2D eigenvalue weighted by Crippen LogP contribution is -2.17. The van der Waals surface area contributed by atoms with E-state index in [1.54, 1.807) is 0 Å². The molecule has 0 atom stereocenters. The fraction of sp³-hybridized carbons (Fsp3) is 0.158. The minimum atomic E-state index is -0.551. The maximum atomic E-state index is 12.7. The molecule has 2 aromatic rings. The Morgan fingerprint density at radius 1 is 0.913 bits per heavy atom. The maximum Gasteiger partial charge on any atom is 0.323 e. The second kappa shape index (κ2) is 6.80. The zero-order chi connectivity index (χ0) is 16.2. The Kier molecular flexibility index (Phi) is 4.58. The van der Waals surface area contributed by atoms with E-state index in [1.165, 1.54) is 0 Å². The summed E-state index contributed by atoms with van der Waals surface area (Å²) >= 11 is 5.92. The fourth-order valence-corrected chi connectivity index (χ4v) is 2.86. The number of carbonyl (C=O) groups excluding carboxylic acids is 2. The van der Waals surface area contributed by atoms with E-state index in [0.29, 0.717) is 12.8 Å². The summed E-state index contributed by atoms with van der Waals surface area (Å²) < 4.78 is 5.45. The molecule has 116 valence electrons. The Morgan fingerprint density at radius 3 is 1.87 bits per heavy atom. The third kappa shape index (κ3) is 3.35. The van der Waals surface area contributed by atoms with Crippen LogP contribution in [-0.4, -0.2) is 11.8 Å². The summed E-state index contributed by atoms with van der Waals surface area (Å²) in [4.78, 5) is 24.2. The van der Waals surface area contributed by atoms with Crippen molar-refractivity contribution in [1.29, 1.82) is 0 Å². The van der Waals surface area contributed by atoms with E-state index >= 15 is 0 Å². The first kappa shape index (κ1) is 15.5. The molecular weight excluding hydrogens is 312 g/mol. The van der Waals surface area contributed by atoms with Gasteiger partial charge in [-0.05, 0) is 11.1 Å². The van der Waals surface area contributed by atoms with Gasteiger partial charge in [0, 0.05) is 12.8 Å². The molecule has 2 aromatic carbocycles.